The smallest absolute Gasteiger partial charge is 0.310 e. The van der Waals surface area contributed by atoms with E-state index < -0.39 is 0 Å². The van der Waals surface area contributed by atoms with Crippen molar-refractivity contribution in [3.63, 3.8) is 0 Å². The van der Waals surface area contributed by atoms with Gasteiger partial charge in [-0.25, -0.2) is 0 Å². The predicted octanol–water partition coefficient (Wildman–Crippen LogP) is 4.06. The standard InChI is InChI=1S/C11H11Br2ClO2/c1-2-16-11(15)5-7-8(6-14)10(13)4-3-9(7)12/h3-4H,2,5-6H2,1H3. The van der Waals surface area contributed by atoms with Gasteiger partial charge in [-0.2, -0.15) is 0 Å². The van der Waals surface area contributed by atoms with Crippen molar-refractivity contribution in [3.8, 4) is 0 Å². The minimum absolute atomic E-state index is 0.232. The first kappa shape index (κ1) is 14.0. The third-order valence-corrected chi connectivity index (χ3v) is 3.83. The fourth-order valence-corrected chi connectivity index (χ4v) is 2.82. The van der Waals surface area contributed by atoms with Crippen molar-refractivity contribution in [3.05, 3.63) is 32.2 Å². The van der Waals surface area contributed by atoms with Gasteiger partial charge in [-0.3, -0.25) is 4.79 Å². The van der Waals surface area contributed by atoms with Gasteiger partial charge in [0.05, 0.1) is 13.0 Å². The highest BCUT2D eigenvalue weighted by Gasteiger charge is 2.14. The lowest BCUT2D eigenvalue weighted by Crippen LogP contribution is -2.10. The maximum atomic E-state index is 11.4. The van der Waals surface area contributed by atoms with Crippen molar-refractivity contribution < 1.29 is 9.53 Å². The van der Waals surface area contributed by atoms with Gasteiger partial charge in [0, 0.05) is 14.8 Å². The highest BCUT2D eigenvalue weighted by Crippen LogP contribution is 2.29. The molecule has 0 aliphatic rings. The lowest BCUT2D eigenvalue weighted by atomic mass is 10.1. The van der Waals surface area contributed by atoms with Gasteiger partial charge in [0.25, 0.3) is 0 Å². The lowest BCUT2D eigenvalue weighted by molar-refractivity contribution is -0.142. The second-order valence-electron chi connectivity index (χ2n) is 3.10. The summed E-state index contributed by atoms with van der Waals surface area (Å²) in [6.07, 6.45) is 0.232. The molecule has 0 atom stereocenters. The van der Waals surface area contributed by atoms with Crippen LogP contribution in [0.15, 0.2) is 21.1 Å². The third kappa shape index (κ3) is 3.47. The van der Waals surface area contributed by atoms with Crippen LogP contribution in [0.5, 0.6) is 0 Å². The van der Waals surface area contributed by atoms with Gasteiger partial charge in [-0.15, -0.1) is 11.6 Å². The maximum Gasteiger partial charge on any atom is 0.310 e. The Morgan fingerprint density at radius 3 is 2.38 bits per heavy atom. The molecular formula is C11H11Br2ClO2. The number of hydrogen-bond donors (Lipinski definition) is 0. The molecule has 0 heterocycles. The first-order valence-corrected chi connectivity index (χ1v) is 6.89. The number of rotatable bonds is 4. The summed E-state index contributed by atoms with van der Waals surface area (Å²) in [5.41, 5.74) is 1.80. The van der Waals surface area contributed by atoms with Crippen LogP contribution in [0.25, 0.3) is 0 Å². The highest BCUT2D eigenvalue weighted by molar-refractivity contribution is 9.11. The molecule has 0 saturated carbocycles. The number of ether oxygens (including phenoxy) is 1. The van der Waals surface area contributed by atoms with E-state index in [4.69, 9.17) is 16.3 Å². The summed E-state index contributed by atoms with van der Waals surface area (Å²) in [5.74, 6) is 0.113. The van der Waals surface area contributed by atoms with Gasteiger partial charge in [0.15, 0.2) is 0 Å². The van der Waals surface area contributed by atoms with Crippen molar-refractivity contribution in [2.24, 2.45) is 0 Å². The van der Waals surface area contributed by atoms with E-state index >= 15 is 0 Å². The maximum absolute atomic E-state index is 11.4. The van der Waals surface area contributed by atoms with Crippen LogP contribution < -0.4 is 0 Å². The Morgan fingerprint density at radius 1 is 1.31 bits per heavy atom. The summed E-state index contributed by atoms with van der Waals surface area (Å²) in [6.45, 7) is 2.18. The minimum atomic E-state index is -0.243. The van der Waals surface area contributed by atoms with Gasteiger partial charge in [-0.1, -0.05) is 31.9 Å². The number of halogens is 3. The van der Waals surface area contributed by atoms with E-state index in [2.05, 4.69) is 31.9 Å². The van der Waals surface area contributed by atoms with E-state index in [1.807, 2.05) is 12.1 Å². The predicted molar refractivity (Wildman–Crippen MR) is 71.7 cm³/mol. The fourth-order valence-electron chi connectivity index (χ4n) is 1.33. The van der Waals surface area contributed by atoms with Crippen LogP contribution in [0.4, 0.5) is 0 Å². The van der Waals surface area contributed by atoms with Crippen LogP contribution in [0.2, 0.25) is 0 Å². The largest absolute Gasteiger partial charge is 0.466 e. The van der Waals surface area contributed by atoms with Gasteiger partial charge >= 0.3 is 5.97 Å². The number of hydrogen-bond acceptors (Lipinski definition) is 2. The lowest BCUT2D eigenvalue weighted by Gasteiger charge is -2.11. The molecule has 16 heavy (non-hydrogen) atoms. The van der Waals surface area contributed by atoms with E-state index in [1.165, 1.54) is 0 Å². The Bertz CT molecular complexity index is 394. The molecule has 1 aromatic rings. The van der Waals surface area contributed by atoms with Crippen molar-refractivity contribution in [2.75, 3.05) is 6.61 Å². The van der Waals surface area contributed by atoms with Gasteiger partial charge in [0.2, 0.25) is 0 Å². The first-order valence-electron chi connectivity index (χ1n) is 4.77. The Labute approximate surface area is 117 Å². The van der Waals surface area contributed by atoms with E-state index in [-0.39, 0.29) is 12.4 Å². The molecule has 0 aliphatic carbocycles. The number of alkyl halides is 1. The molecule has 0 saturated heterocycles. The summed E-state index contributed by atoms with van der Waals surface area (Å²) in [7, 11) is 0. The average molecular weight is 370 g/mol. The number of esters is 1. The molecule has 0 bridgehead atoms. The highest BCUT2D eigenvalue weighted by atomic mass is 79.9. The van der Waals surface area contributed by atoms with Gasteiger partial charge in [-0.05, 0) is 30.2 Å². The molecule has 0 fully saturated rings. The van der Waals surface area contributed by atoms with Gasteiger partial charge in [0.1, 0.15) is 0 Å². The quantitative estimate of drug-likeness (QED) is 0.590. The second kappa shape index (κ2) is 6.62. The van der Waals surface area contributed by atoms with Crippen molar-refractivity contribution >= 4 is 49.4 Å². The molecule has 0 amide bonds. The van der Waals surface area contributed by atoms with E-state index in [0.29, 0.717) is 12.5 Å². The summed E-state index contributed by atoms with van der Waals surface area (Å²) >= 11 is 12.7. The molecule has 5 heteroatoms. The molecule has 1 rings (SSSR count). The van der Waals surface area contributed by atoms with Crippen LogP contribution in [-0.2, 0) is 21.8 Å². The topological polar surface area (TPSA) is 26.3 Å². The summed E-state index contributed by atoms with van der Waals surface area (Å²) in [6, 6.07) is 3.78. The molecule has 0 aromatic heterocycles. The van der Waals surface area contributed by atoms with Crippen molar-refractivity contribution in [1.29, 1.82) is 0 Å². The van der Waals surface area contributed by atoms with E-state index in [0.717, 1.165) is 20.1 Å². The first-order chi connectivity index (χ1) is 7.60. The SMILES string of the molecule is CCOC(=O)Cc1c(Br)ccc(Br)c1CCl. The van der Waals surface area contributed by atoms with Crippen molar-refractivity contribution in [1.82, 2.24) is 0 Å². The Hall–Kier alpha value is -0.0600. The zero-order valence-corrected chi connectivity index (χ0v) is 12.7. The average Bonchev–Trinajstić information content (AvgIpc) is 2.24. The minimum Gasteiger partial charge on any atom is -0.466 e. The Kier molecular flexibility index (Phi) is 5.79. The number of carbonyl (C=O) groups is 1. The van der Waals surface area contributed by atoms with Crippen LogP contribution in [0.1, 0.15) is 18.1 Å². The zero-order valence-electron chi connectivity index (χ0n) is 8.73. The van der Waals surface area contributed by atoms with Crippen LogP contribution in [0, 0.1) is 0 Å². The van der Waals surface area contributed by atoms with Gasteiger partial charge < -0.3 is 4.74 Å². The molecule has 0 radical (unpaired) electrons. The van der Waals surface area contributed by atoms with Crippen molar-refractivity contribution in [2.45, 2.75) is 19.2 Å². The summed E-state index contributed by atoms with van der Waals surface area (Å²) in [5, 5.41) is 0. The van der Waals surface area contributed by atoms with E-state index in [9.17, 15) is 4.79 Å². The summed E-state index contributed by atoms with van der Waals surface area (Å²) in [4.78, 5) is 11.4. The molecular weight excluding hydrogens is 359 g/mol. The molecule has 1 aromatic carbocycles. The molecule has 0 aliphatic heterocycles. The molecule has 0 N–H and O–H groups in total. The van der Waals surface area contributed by atoms with Crippen LogP contribution in [-0.4, -0.2) is 12.6 Å². The van der Waals surface area contributed by atoms with Crippen LogP contribution >= 0.6 is 43.5 Å². The van der Waals surface area contributed by atoms with E-state index in [1.54, 1.807) is 6.92 Å². The monoisotopic (exact) mass is 368 g/mol. The molecule has 88 valence electrons. The summed E-state index contributed by atoms with van der Waals surface area (Å²) < 4.78 is 6.70. The zero-order chi connectivity index (χ0) is 12.1. The number of benzene rings is 1. The fraction of sp³-hybridized carbons (Fsp3) is 0.364. The number of carbonyl (C=O) groups excluding carboxylic acids is 1. The molecule has 0 unspecified atom stereocenters. The molecule has 0 spiro atoms. The normalized spacial score (nSPS) is 10.2. The van der Waals surface area contributed by atoms with Crippen LogP contribution in [0.3, 0.4) is 0 Å². The Balaban J connectivity index is 3.01. The third-order valence-electron chi connectivity index (χ3n) is 2.08. The molecule has 2 nitrogen and oxygen atoms in total. The second-order valence-corrected chi connectivity index (χ2v) is 5.08. The Morgan fingerprint density at radius 2 is 1.88 bits per heavy atom.